The minimum Gasteiger partial charge on any atom is -0.337 e. The fraction of sp³-hybridized carbons (Fsp3) is 0.312. The third kappa shape index (κ3) is 2.65. The summed E-state index contributed by atoms with van der Waals surface area (Å²) in [6.07, 6.45) is 0. The first kappa shape index (κ1) is 15.1. The number of nitrogens with one attached hydrogen (secondary N) is 3. The fourth-order valence-electron chi connectivity index (χ4n) is 2.35. The number of aryl methyl sites for hydroxylation is 3. The van der Waals surface area contributed by atoms with Crippen LogP contribution < -0.4 is 5.32 Å². The monoisotopic (exact) mass is 312 g/mol. The molecule has 0 aliphatic heterocycles. The smallest absolute Gasteiger partial charge is 0.321 e. The number of hydrogen-bond acceptors (Lipinski definition) is 3. The second-order valence-electron chi connectivity index (χ2n) is 5.94. The van der Waals surface area contributed by atoms with Gasteiger partial charge in [0.2, 0.25) is 0 Å². The topological polar surface area (TPSA) is 89.7 Å². The highest BCUT2D eigenvalue weighted by molar-refractivity contribution is 5.94. The lowest BCUT2D eigenvalue weighted by molar-refractivity contribution is 0.230. The van der Waals surface area contributed by atoms with Gasteiger partial charge in [-0.3, -0.25) is 5.10 Å². The van der Waals surface area contributed by atoms with Gasteiger partial charge in [-0.05, 0) is 44.0 Å². The van der Waals surface area contributed by atoms with E-state index < -0.39 is 0 Å². The number of hydrogen-bond donors (Lipinski definition) is 3. The summed E-state index contributed by atoms with van der Waals surface area (Å²) in [5, 5.41) is 10.0. The zero-order chi connectivity index (χ0) is 16.7. The van der Waals surface area contributed by atoms with Crippen LogP contribution in [0.3, 0.4) is 0 Å². The first-order valence-corrected chi connectivity index (χ1v) is 7.37. The van der Waals surface area contributed by atoms with E-state index in [1.807, 2.05) is 13.0 Å². The number of imidazole rings is 1. The molecule has 0 saturated heterocycles. The van der Waals surface area contributed by atoms with E-state index in [1.165, 1.54) is 16.0 Å². The number of carbonyl (C=O) groups is 1. The molecule has 0 aliphatic carbocycles. The predicted octanol–water partition coefficient (Wildman–Crippen LogP) is 2.97. The van der Waals surface area contributed by atoms with Crippen LogP contribution in [-0.4, -0.2) is 45.2 Å². The number of aromatic amines is 2. The summed E-state index contributed by atoms with van der Waals surface area (Å²) < 4.78 is 0. The molecule has 120 valence electrons. The van der Waals surface area contributed by atoms with Gasteiger partial charge >= 0.3 is 6.03 Å². The highest BCUT2D eigenvalue weighted by Crippen LogP contribution is 2.29. The van der Waals surface area contributed by atoms with Crippen LogP contribution in [0.15, 0.2) is 12.1 Å². The molecule has 0 bridgehead atoms. The van der Waals surface area contributed by atoms with Gasteiger partial charge in [-0.15, -0.1) is 0 Å². The Kier molecular flexibility index (Phi) is 3.55. The predicted molar refractivity (Wildman–Crippen MR) is 90.6 cm³/mol. The SMILES string of the molecule is Cc1cc2nc(-c3n[nH]c(C)c3NC(=O)N(C)C)[nH]c2cc1C. The van der Waals surface area contributed by atoms with E-state index in [2.05, 4.69) is 45.4 Å². The normalized spacial score (nSPS) is 11.0. The molecule has 2 heterocycles. The van der Waals surface area contributed by atoms with Crippen molar-refractivity contribution in [2.45, 2.75) is 20.8 Å². The molecule has 0 aliphatic rings. The van der Waals surface area contributed by atoms with Crippen LogP contribution >= 0.6 is 0 Å². The van der Waals surface area contributed by atoms with Gasteiger partial charge in [0.15, 0.2) is 11.5 Å². The molecule has 3 N–H and O–H groups in total. The van der Waals surface area contributed by atoms with Crippen molar-refractivity contribution in [1.29, 1.82) is 0 Å². The number of urea groups is 1. The van der Waals surface area contributed by atoms with Crippen LogP contribution in [0.1, 0.15) is 16.8 Å². The standard InChI is InChI=1S/C16H20N6O/c1-8-6-11-12(7-9(8)2)18-15(17-11)14-13(10(3)20-21-14)19-16(23)22(4)5/h6-7H,1-5H3,(H,17,18)(H,19,23)(H,20,21). The number of aromatic nitrogens is 4. The maximum absolute atomic E-state index is 11.9. The van der Waals surface area contributed by atoms with Crippen molar-refractivity contribution in [2.75, 3.05) is 19.4 Å². The van der Waals surface area contributed by atoms with Crippen LogP contribution in [-0.2, 0) is 0 Å². The van der Waals surface area contributed by atoms with Gasteiger partial charge in [-0.25, -0.2) is 9.78 Å². The Morgan fingerprint density at radius 3 is 2.57 bits per heavy atom. The van der Waals surface area contributed by atoms with Gasteiger partial charge in [0.05, 0.1) is 22.4 Å². The summed E-state index contributed by atoms with van der Waals surface area (Å²) in [6.45, 7) is 5.99. The average molecular weight is 312 g/mol. The minimum absolute atomic E-state index is 0.210. The molecule has 7 heteroatoms. The average Bonchev–Trinajstić information content (AvgIpc) is 3.03. The molecule has 0 saturated carbocycles. The van der Waals surface area contributed by atoms with E-state index in [0.29, 0.717) is 17.2 Å². The molecule has 7 nitrogen and oxygen atoms in total. The van der Waals surface area contributed by atoms with E-state index in [4.69, 9.17) is 0 Å². The summed E-state index contributed by atoms with van der Waals surface area (Å²) in [7, 11) is 3.38. The second kappa shape index (κ2) is 5.42. The lowest BCUT2D eigenvalue weighted by atomic mass is 10.1. The van der Waals surface area contributed by atoms with E-state index in [-0.39, 0.29) is 6.03 Å². The molecule has 2 amide bonds. The van der Waals surface area contributed by atoms with Gasteiger partial charge < -0.3 is 15.2 Å². The Bertz CT molecular complexity index is 850. The van der Waals surface area contributed by atoms with Crippen molar-refractivity contribution in [1.82, 2.24) is 25.1 Å². The molecule has 0 unspecified atom stereocenters. The summed E-state index contributed by atoms with van der Waals surface area (Å²) >= 11 is 0. The Labute approximate surface area is 134 Å². The summed E-state index contributed by atoms with van der Waals surface area (Å²) in [5.41, 5.74) is 6.24. The number of benzene rings is 1. The molecule has 0 radical (unpaired) electrons. The van der Waals surface area contributed by atoms with Gasteiger partial charge in [0, 0.05) is 14.1 Å². The largest absolute Gasteiger partial charge is 0.337 e. The Morgan fingerprint density at radius 1 is 1.17 bits per heavy atom. The van der Waals surface area contributed by atoms with Crippen molar-refractivity contribution in [2.24, 2.45) is 0 Å². The molecule has 23 heavy (non-hydrogen) atoms. The van der Waals surface area contributed by atoms with Crippen LogP contribution in [0.5, 0.6) is 0 Å². The van der Waals surface area contributed by atoms with E-state index in [9.17, 15) is 4.79 Å². The molecule has 1 aromatic carbocycles. The molecule has 0 spiro atoms. The van der Waals surface area contributed by atoms with Crippen molar-refractivity contribution in [3.63, 3.8) is 0 Å². The van der Waals surface area contributed by atoms with Crippen molar-refractivity contribution in [3.8, 4) is 11.5 Å². The van der Waals surface area contributed by atoms with E-state index in [0.717, 1.165) is 16.7 Å². The van der Waals surface area contributed by atoms with Crippen LogP contribution in [0.4, 0.5) is 10.5 Å². The molecule has 3 rings (SSSR count). The summed E-state index contributed by atoms with van der Waals surface area (Å²) in [4.78, 5) is 21.3. The molecular formula is C16H20N6O. The Hall–Kier alpha value is -2.83. The maximum Gasteiger partial charge on any atom is 0.321 e. The third-order valence-corrected chi connectivity index (χ3v) is 3.91. The number of rotatable bonds is 2. The number of nitrogens with zero attached hydrogens (tertiary/aromatic N) is 3. The van der Waals surface area contributed by atoms with Gasteiger partial charge in [-0.1, -0.05) is 0 Å². The number of anilines is 1. The lowest BCUT2D eigenvalue weighted by Crippen LogP contribution is -2.27. The van der Waals surface area contributed by atoms with Crippen molar-refractivity contribution >= 4 is 22.8 Å². The molecular weight excluding hydrogens is 292 g/mol. The summed E-state index contributed by atoms with van der Waals surface area (Å²) in [5.74, 6) is 0.628. The highest BCUT2D eigenvalue weighted by Gasteiger charge is 2.18. The van der Waals surface area contributed by atoms with Gasteiger partial charge in [0.1, 0.15) is 0 Å². The first-order valence-electron chi connectivity index (χ1n) is 7.37. The van der Waals surface area contributed by atoms with Crippen LogP contribution in [0.25, 0.3) is 22.6 Å². The molecule has 0 atom stereocenters. The Morgan fingerprint density at radius 2 is 1.87 bits per heavy atom. The minimum atomic E-state index is -0.210. The van der Waals surface area contributed by atoms with Gasteiger partial charge in [0.25, 0.3) is 0 Å². The molecule has 2 aromatic heterocycles. The zero-order valence-electron chi connectivity index (χ0n) is 13.9. The van der Waals surface area contributed by atoms with E-state index in [1.54, 1.807) is 14.1 Å². The van der Waals surface area contributed by atoms with Crippen molar-refractivity contribution in [3.05, 3.63) is 29.0 Å². The number of amides is 2. The Balaban J connectivity index is 2.07. The molecule has 0 fully saturated rings. The third-order valence-electron chi connectivity index (χ3n) is 3.91. The fourth-order valence-corrected chi connectivity index (χ4v) is 2.35. The van der Waals surface area contributed by atoms with Gasteiger partial charge in [-0.2, -0.15) is 5.10 Å². The number of H-pyrrole nitrogens is 2. The van der Waals surface area contributed by atoms with Crippen LogP contribution in [0.2, 0.25) is 0 Å². The zero-order valence-corrected chi connectivity index (χ0v) is 13.9. The molecule has 3 aromatic rings. The quantitative estimate of drug-likeness (QED) is 0.679. The summed E-state index contributed by atoms with van der Waals surface area (Å²) in [6, 6.07) is 3.90. The van der Waals surface area contributed by atoms with Crippen LogP contribution in [0, 0.1) is 20.8 Å². The van der Waals surface area contributed by atoms with E-state index >= 15 is 0 Å². The van der Waals surface area contributed by atoms with Crippen molar-refractivity contribution < 1.29 is 4.79 Å². The number of carbonyl (C=O) groups excluding carboxylic acids is 1. The number of fused-ring (bicyclic) bond motifs is 1. The maximum atomic E-state index is 11.9. The second-order valence-corrected chi connectivity index (χ2v) is 5.94. The lowest BCUT2D eigenvalue weighted by Gasteiger charge is -2.12. The first-order chi connectivity index (χ1) is 10.9. The highest BCUT2D eigenvalue weighted by atomic mass is 16.2.